The molecule has 5 nitrogen and oxygen atoms in total. The van der Waals surface area contributed by atoms with Crippen molar-refractivity contribution in [3.63, 3.8) is 0 Å². The van der Waals surface area contributed by atoms with E-state index in [0.29, 0.717) is 10.0 Å². The van der Waals surface area contributed by atoms with Crippen molar-refractivity contribution >= 4 is 31.8 Å². The third kappa shape index (κ3) is 3.78. The molecule has 0 aliphatic rings. The molecule has 0 aliphatic heterocycles. The van der Waals surface area contributed by atoms with Gasteiger partial charge in [0.1, 0.15) is 16.5 Å². The molecule has 0 fully saturated rings. The van der Waals surface area contributed by atoms with Gasteiger partial charge in [0.05, 0.1) is 0 Å². The molecule has 1 atom stereocenters. The van der Waals surface area contributed by atoms with Gasteiger partial charge in [-0.1, -0.05) is 12.1 Å². The Kier molecular flexibility index (Phi) is 4.60. The minimum atomic E-state index is -3.86. The van der Waals surface area contributed by atoms with Gasteiger partial charge in [0.2, 0.25) is 10.0 Å². The molecule has 21 heavy (non-hydrogen) atoms. The highest BCUT2D eigenvalue weighted by atomic mass is 79.9. The van der Waals surface area contributed by atoms with Crippen LogP contribution in [0.5, 0.6) is 0 Å². The second-order valence-electron chi connectivity index (χ2n) is 4.43. The first-order valence-electron chi connectivity index (χ1n) is 5.98. The van der Waals surface area contributed by atoms with E-state index in [1.807, 2.05) is 0 Å². The number of sulfonamides is 1. The maximum Gasteiger partial charge on any atom is 0.244 e. The number of hydrogen-bond acceptors (Lipinski definition) is 4. The average Bonchev–Trinajstić information content (AvgIpc) is 2.41. The van der Waals surface area contributed by atoms with Gasteiger partial charge in [0.15, 0.2) is 0 Å². The molecule has 2 aromatic rings. The summed E-state index contributed by atoms with van der Waals surface area (Å²) < 4.78 is 40.8. The molecule has 0 radical (unpaired) electrons. The summed E-state index contributed by atoms with van der Waals surface area (Å²) in [5.74, 6) is -0.528. The Labute approximate surface area is 130 Å². The van der Waals surface area contributed by atoms with Crippen LogP contribution in [0.1, 0.15) is 18.5 Å². The molecule has 112 valence electrons. The van der Waals surface area contributed by atoms with Crippen LogP contribution >= 0.6 is 15.9 Å². The van der Waals surface area contributed by atoms with Crippen molar-refractivity contribution in [3.8, 4) is 0 Å². The Morgan fingerprint density at radius 3 is 2.76 bits per heavy atom. The normalized spacial score (nSPS) is 13.1. The van der Waals surface area contributed by atoms with Gasteiger partial charge in [0, 0.05) is 16.7 Å². The Bertz CT molecular complexity index is 768. The topological polar surface area (TPSA) is 85.1 Å². The Morgan fingerprint density at radius 1 is 1.38 bits per heavy atom. The zero-order valence-electron chi connectivity index (χ0n) is 11.0. The van der Waals surface area contributed by atoms with E-state index in [1.165, 1.54) is 30.5 Å². The van der Waals surface area contributed by atoms with Gasteiger partial charge in [-0.05, 0) is 46.6 Å². The summed E-state index contributed by atoms with van der Waals surface area (Å²) in [5.41, 5.74) is 6.12. The van der Waals surface area contributed by atoms with Crippen molar-refractivity contribution in [1.29, 1.82) is 0 Å². The molecule has 0 amide bonds. The van der Waals surface area contributed by atoms with Crippen LogP contribution in [-0.2, 0) is 10.0 Å². The number of anilines is 1. The molecule has 1 heterocycles. The fourth-order valence-electron chi connectivity index (χ4n) is 1.79. The molecular formula is C13H13BrFN3O2S. The number of aromatic nitrogens is 1. The number of pyridine rings is 1. The zero-order chi connectivity index (χ0) is 15.6. The van der Waals surface area contributed by atoms with Gasteiger partial charge < -0.3 is 5.73 Å². The second kappa shape index (κ2) is 6.08. The summed E-state index contributed by atoms with van der Waals surface area (Å²) in [6, 6.07) is 6.48. The molecule has 0 aliphatic carbocycles. The van der Waals surface area contributed by atoms with Crippen molar-refractivity contribution in [3.05, 3.63) is 52.4 Å². The molecule has 8 heteroatoms. The Hall–Kier alpha value is -1.51. The van der Waals surface area contributed by atoms with Crippen molar-refractivity contribution < 1.29 is 12.8 Å². The summed E-state index contributed by atoms with van der Waals surface area (Å²) in [6.07, 6.45) is 1.41. The van der Waals surface area contributed by atoms with E-state index in [0.717, 1.165) is 0 Å². The maximum atomic E-state index is 13.2. The lowest BCUT2D eigenvalue weighted by Crippen LogP contribution is -2.27. The molecular weight excluding hydrogens is 361 g/mol. The van der Waals surface area contributed by atoms with Crippen LogP contribution in [0.15, 0.2) is 45.9 Å². The monoisotopic (exact) mass is 373 g/mol. The lowest BCUT2D eigenvalue weighted by atomic mass is 10.1. The predicted octanol–water partition coefficient (Wildman–Crippen LogP) is 2.60. The first kappa shape index (κ1) is 15.9. The number of halogens is 2. The van der Waals surface area contributed by atoms with E-state index < -0.39 is 21.9 Å². The highest BCUT2D eigenvalue weighted by Crippen LogP contribution is 2.23. The molecule has 0 saturated carbocycles. The Morgan fingerprint density at radius 2 is 2.10 bits per heavy atom. The molecule has 3 N–H and O–H groups in total. The fraction of sp³-hybridized carbons (Fsp3) is 0.154. The molecule has 2 rings (SSSR count). The van der Waals surface area contributed by atoms with Crippen molar-refractivity contribution in [2.45, 2.75) is 17.9 Å². The molecule has 0 bridgehead atoms. The van der Waals surface area contributed by atoms with Crippen LogP contribution in [0.4, 0.5) is 10.2 Å². The van der Waals surface area contributed by atoms with E-state index in [9.17, 15) is 12.8 Å². The van der Waals surface area contributed by atoms with Crippen LogP contribution in [0.2, 0.25) is 0 Å². The van der Waals surface area contributed by atoms with Gasteiger partial charge in [-0.2, -0.15) is 0 Å². The highest BCUT2D eigenvalue weighted by Gasteiger charge is 2.22. The molecule has 1 aromatic carbocycles. The lowest BCUT2D eigenvalue weighted by molar-refractivity contribution is 0.564. The number of rotatable bonds is 4. The second-order valence-corrected chi connectivity index (χ2v) is 7.03. The largest absolute Gasteiger partial charge is 0.383 e. The summed E-state index contributed by atoms with van der Waals surface area (Å²) in [7, 11) is -3.86. The van der Waals surface area contributed by atoms with E-state index in [-0.39, 0.29) is 10.7 Å². The zero-order valence-corrected chi connectivity index (χ0v) is 13.4. The third-order valence-electron chi connectivity index (χ3n) is 2.82. The van der Waals surface area contributed by atoms with Gasteiger partial charge in [-0.25, -0.2) is 22.5 Å². The van der Waals surface area contributed by atoms with Crippen molar-refractivity contribution in [2.75, 3.05) is 5.73 Å². The Balaban J connectivity index is 2.31. The van der Waals surface area contributed by atoms with Gasteiger partial charge in [0.25, 0.3) is 0 Å². The van der Waals surface area contributed by atoms with Crippen LogP contribution in [-0.4, -0.2) is 13.4 Å². The van der Waals surface area contributed by atoms with Crippen molar-refractivity contribution in [2.24, 2.45) is 0 Å². The molecule has 1 aromatic heterocycles. The third-order valence-corrected chi connectivity index (χ3v) is 4.82. The predicted molar refractivity (Wildman–Crippen MR) is 81.5 cm³/mol. The number of nitrogens with one attached hydrogen (secondary N) is 1. The van der Waals surface area contributed by atoms with Crippen LogP contribution in [0.3, 0.4) is 0 Å². The van der Waals surface area contributed by atoms with Crippen molar-refractivity contribution in [1.82, 2.24) is 9.71 Å². The van der Waals surface area contributed by atoms with Crippen LogP contribution in [0.25, 0.3) is 0 Å². The summed E-state index contributed by atoms with van der Waals surface area (Å²) in [6.45, 7) is 1.62. The number of hydrogen-bond donors (Lipinski definition) is 2. The number of benzene rings is 1. The van der Waals surface area contributed by atoms with Crippen LogP contribution < -0.4 is 10.5 Å². The number of nitrogens with zero attached hydrogens (tertiary/aromatic N) is 1. The number of nitrogen functional groups attached to an aromatic ring is 1. The van der Waals surface area contributed by atoms with Crippen LogP contribution in [0, 0.1) is 5.82 Å². The van der Waals surface area contributed by atoms with Gasteiger partial charge >= 0.3 is 0 Å². The van der Waals surface area contributed by atoms with Gasteiger partial charge in [-0.3, -0.25) is 0 Å². The smallest absolute Gasteiger partial charge is 0.244 e. The minimum absolute atomic E-state index is 0.0999. The van der Waals surface area contributed by atoms with Gasteiger partial charge in [-0.15, -0.1) is 0 Å². The van der Waals surface area contributed by atoms with E-state index in [2.05, 4.69) is 25.6 Å². The number of nitrogens with two attached hydrogens (primary N) is 1. The SMILES string of the molecule is CC(NS(=O)(=O)c1cc(Br)cnc1N)c1cccc(F)c1. The highest BCUT2D eigenvalue weighted by molar-refractivity contribution is 9.10. The first-order valence-corrected chi connectivity index (χ1v) is 8.26. The quantitative estimate of drug-likeness (QED) is 0.862. The minimum Gasteiger partial charge on any atom is -0.383 e. The molecule has 0 saturated heterocycles. The standard InChI is InChI=1S/C13H13BrFN3O2S/c1-8(9-3-2-4-11(15)5-9)18-21(19,20)12-6-10(14)7-17-13(12)16/h2-8,18H,1H3,(H2,16,17). The maximum absolute atomic E-state index is 13.2. The summed E-state index contributed by atoms with van der Waals surface area (Å²) in [4.78, 5) is 3.67. The van der Waals surface area contributed by atoms with E-state index in [1.54, 1.807) is 13.0 Å². The summed E-state index contributed by atoms with van der Waals surface area (Å²) >= 11 is 3.15. The van der Waals surface area contributed by atoms with E-state index >= 15 is 0 Å². The molecule has 0 spiro atoms. The summed E-state index contributed by atoms with van der Waals surface area (Å²) in [5, 5.41) is 0. The molecule has 1 unspecified atom stereocenters. The average molecular weight is 374 g/mol. The lowest BCUT2D eigenvalue weighted by Gasteiger charge is -2.15. The first-order chi connectivity index (χ1) is 9.79. The van der Waals surface area contributed by atoms with E-state index in [4.69, 9.17) is 5.73 Å². The fourth-order valence-corrected chi connectivity index (χ4v) is 3.61.